The van der Waals surface area contributed by atoms with Gasteiger partial charge >= 0.3 is 0 Å². The van der Waals surface area contributed by atoms with Crippen molar-refractivity contribution in [3.63, 3.8) is 0 Å². The average Bonchev–Trinajstić information content (AvgIpc) is 2.40. The van der Waals surface area contributed by atoms with Crippen molar-refractivity contribution in [3.8, 4) is 5.75 Å². The molecule has 0 aliphatic rings. The fourth-order valence-corrected chi connectivity index (χ4v) is 1.66. The highest BCUT2D eigenvalue weighted by atomic mass is 35.5. The molecule has 0 saturated carbocycles. The monoisotopic (exact) mass is 281 g/mol. The topological polar surface area (TPSA) is 52.4 Å². The van der Waals surface area contributed by atoms with Gasteiger partial charge in [0.25, 0.3) is 5.69 Å². The zero-order valence-corrected chi connectivity index (χ0v) is 10.4. The Balaban J connectivity index is 2.14. The second-order valence-electron chi connectivity index (χ2n) is 3.75. The maximum atomic E-state index is 13.2. The van der Waals surface area contributed by atoms with E-state index in [1.165, 1.54) is 18.2 Å². The molecule has 98 valence electrons. The van der Waals surface area contributed by atoms with Crippen LogP contribution in [0.15, 0.2) is 42.5 Å². The zero-order chi connectivity index (χ0) is 13.8. The second-order valence-corrected chi connectivity index (χ2v) is 4.16. The van der Waals surface area contributed by atoms with Crippen molar-refractivity contribution < 1.29 is 14.1 Å². The lowest BCUT2D eigenvalue weighted by atomic mass is 10.2. The normalized spacial score (nSPS) is 10.2. The van der Waals surface area contributed by atoms with Crippen LogP contribution in [0.25, 0.3) is 0 Å². The van der Waals surface area contributed by atoms with Crippen LogP contribution < -0.4 is 4.74 Å². The summed E-state index contributed by atoms with van der Waals surface area (Å²) in [6.45, 7) is -0.0156. The second kappa shape index (κ2) is 5.67. The Morgan fingerprint density at radius 1 is 1.26 bits per heavy atom. The van der Waals surface area contributed by atoms with Crippen LogP contribution in [0.2, 0.25) is 5.02 Å². The Labute approximate surface area is 113 Å². The summed E-state index contributed by atoms with van der Waals surface area (Å²) < 4.78 is 18.5. The van der Waals surface area contributed by atoms with E-state index >= 15 is 0 Å². The number of ether oxygens (including phenoxy) is 1. The summed E-state index contributed by atoms with van der Waals surface area (Å²) >= 11 is 5.54. The van der Waals surface area contributed by atoms with Gasteiger partial charge in [-0.15, -0.1) is 0 Å². The maximum Gasteiger partial charge on any atom is 0.276 e. The first-order valence-electron chi connectivity index (χ1n) is 5.38. The van der Waals surface area contributed by atoms with Gasteiger partial charge in [-0.25, -0.2) is 4.39 Å². The van der Waals surface area contributed by atoms with Gasteiger partial charge in [-0.1, -0.05) is 23.7 Å². The van der Waals surface area contributed by atoms with Gasteiger partial charge in [0.1, 0.15) is 18.2 Å². The molecule has 0 radical (unpaired) electrons. The van der Waals surface area contributed by atoms with Crippen molar-refractivity contribution >= 4 is 17.3 Å². The average molecular weight is 282 g/mol. The molecule has 0 aliphatic carbocycles. The number of benzene rings is 2. The molecule has 6 heteroatoms. The molecule has 0 aromatic heterocycles. The van der Waals surface area contributed by atoms with Crippen LogP contribution in [0, 0.1) is 15.9 Å². The minimum absolute atomic E-state index is 0.00181. The van der Waals surface area contributed by atoms with Gasteiger partial charge in [-0.05, 0) is 18.2 Å². The number of nitro benzene ring substituents is 1. The Morgan fingerprint density at radius 3 is 2.68 bits per heavy atom. The molecule has 0 spiro atoms. The summed E-state index contributed by atoms with van der Waals surface area (Å²) in [5, 5.41) is 10.8. The first-order valence-corrected chi connectivity index (χ1v) is 5.76. The van der Waals surface area contributed by atoms with E-state index in [0.717, 1.165) is 6.07 Å². The van der Waals surface area contributed by atoms with E-state index in [1.807, 2.05) is 0 Å². The summed E-state index contributed by atoms with van der Waals surface area (Å²) in [5.41, 5.74) is 0.389. The Hall–Kier alpha value is -2.14. The van der Waals surface area contributed by atoms with E-state index in [4.69, 9.17) is 16.3 Å². The van der Waals surface area contributed by atoms with Gasteiger partial charge in [-0.2, -0.15) is 0 Å². The molecule has 0 heterocycles. The molecule has 0 amide bonds. The van der Waals surface area contributed by atoms with Gasteiger partial charge < -0.3 is 4.74 Å². The highest BCUT2D eigenvalue weighted by molar-refractivity contribution is 6.30. The highest BCUT2D eigenvalue weighted by Gasteiger charge is 2.12. The van der Waals surface area contributed by atoms with Gasteiger partial charge in [0.15, 0.2) is 0 Å². The Kier molecular flexibility index (Phi) is 3.97. The van der Waals surface area contributed by atoms with E-state index in [1.54, 1.807) is 18.2 Å². The third-order valence-corrected chi connectivity index (χ3v) is 2.78. The molecular formula is C13H9ClFNO3. The van der Waals surface area contributed by atoms with E-state index in [9.17, 15) is 14.5 Å². The van der Waals surface area contributed by atoms with Crippen molar-refractivity contribution in [1.82, 2.24) is 0 Å². The lowest BCUT2D eigenvalue weighted by molar-refractivity contribution is -0.385. The number of para-hydroxylation sites is 1. The third-order valence-electron chi connectivity index (χ3n) is 2.47. The lowest BCUT2D eigenvalue weighted by Crippen LogP contribution is -2.00. The molecule has 2 aromatic rings. The molecule has 0 aliphatic heterocycles. The number of hydrogen-bond donors (Lipinski definition) is 0. The van der Waals surface area contributed by atoms with Gasteiger partial charge in [0.05, 0.1) is 15.5 Å². The number of nitro groups is 1. The standard InChI is InChI=1S/C13H9ClFNO3/c14-11-6-5-10(7-12(11)15)19-8-9-3-1-2-4-13(9)16(17)18/h1-7H,8H2. The summed E-state index contributed by atoms with van der Waals surface area (Å²) in [6.07, 6.45) is 0. The fraction of sp³-hybridized carbons (Fsp3) is 0.0769. The molecule has 19 heavy (non-hydrogen) atoms. The van der Waals surface area contributed by atoms with Crippen LogP contribution >= 0.6 is 11.6 Å². The van der Waals surface area contributed by atoms with Crippen LogP contribution in [0.1, 0.15) is 5.56 Å². The molecule has 0 atom stereocenters. The first-order chi connectivity index (χ1) is 9.08. The molecule has 4 nitrogen and oxygen atoms in total. The van der Waals surface area contributed by atoms with Crippen LogP contribution in [-0.4, -0.2) is 4.92 Å². The Bertz CT molecular complexity index is 619. The highest BCUT2D eigenvalue weighted by Crippen LogP contribution is 2.23. The molecule has 0 saturated heterocycles. The fourth-order valence-electron chi connectivity index (χ4n) is 1.54. The van der Waals surface area contributed by atoms with Gasteiger partial charge in [0, 0.05) is 12.1 Å². The van der Waals surface area contributed by atoms with E-state index < -0.39 is 10.7 Å². The minimum Gasteiger partial charge on any atom is -0.489 e. The molecule has 0 fully saturated rings. The van der Waals surface area contributed by atoms with Crippen LogP contribution in [0.4, 0.5) is 10.1 Å². The van der Waals surface area contributed by atoms with Gasteiger partial charge in [-0.3, -0.25) is 10.1 Å². The van der Waals surface area contributed by atoms with Crippen LogP contribution in [0.5, 0.6) is 5.75 Å². The molecule has 2 aromatic carbocycles. The molecule has 0 N–H and O–H groups in total. The van der Waals surface area contributed by atoms with E-state index in [2.05, 4.69) is 0 Å². The number of hydrogen-bond acceptors (Lipinski definition) is 3. The van der Waals surface area contributed by atoms with Crippen LogP contribution in [-0.2, 0) is 6.61 Å². The maximum absolute atomic E-state index is 13.2. The molecule has 0 bridgehead atoms. The van der Waals surface area contributed by atoms with Gasteiger partial charge in [0.2, 0.25) is 0 Å². The van der Waals surface area contributed by atoms with E-state index in [0.29, 0.717) is 5.56 Å². The molecule has 0 unspecified atom stereocenters. The largest absolute Gasteiger partial charge is 0.489 e. The lowest BCUT2D eigenvalue weighted by Gasteiger charge is -2.07. The van der Waals surface area contributed by atoms with Crippen molar-refractivity contribution in [3.05, 3.63) is 69.0 Å². The van der Waals surface area contributed by atoms with E-state index in [-0.39, 0.29) is 23.1 Å². The number of nitrogens with zero attached hydrogens (tertiary/aromatic N) is 1. The number of halogens is 2. The van der Waals surface area contributed by atoms with Crippen molar-refractivity contribution in [2.24, 2.45) is 0 Å². The van der Waals surface area contributed by atoms with Crippen molar-refractivity contribution in [2.45, 2.75) is 6.61 Å². The minimum atomic E-state index is -0.596. The summed E-state index contributed by atoms with van der Waals surface area (Å²) in [7, 11) is 0. The third kappa shape index (κ3) is 3.20. The quantitative estimate of drug-likeness (QED) is 0.629. The molecule has 2 rings (SSSR count). The SMILES string of the molecule is O=[N+]([O-])c1ccccc1COc1ccc(Cl)c(F)c1. The smallest absolute Gasteiger partial charge is 0.276 e. The van der Waals surface area contributed by atoms with Crippen molar-refractivity contribution in [1.29, 1.82) is 0 Å². The Morgan fingerprint density at radius 2 is 2.00 bits per heavy atom. The predicted molar refractivity (Wildman–Crippen MR) is 68.8 cm³/mol. The van der Waals surface area contributed by atoms with Crippen LogP contribution in [0.3, 0.4) is 0 Å². The predicted octanol–water partition coefficient (Wildman–Crippen LogP) is 3.97. The number of rotatable bonds is 4. The first kappa shape index (κ1) is 13.3. The van der Waals surface area contributed by atoms with Crippen molar-refractivity contribution in [2.75, 3.05) is 0 Å². The summed E-state index contributed by atoms with van der Waals surface area (Å²) in [5.74, 6) is -0.332. The summed E-state index contributed by atoms with van der Waals surface area (Å²) in [6, 6.07) is 10.2. The molecular weight excluding hydrogens is 273 g/mol. The zero-order valence-electron chi connectivity index (χ0n) is 9.68. The summed E-state index contributed by atoms with van der Waals surface area (Å²) in [4.78, 5) is 10.3.